The maximum Gasteiger partial charge on any atom is 0.311 e. The molecular weight excluding hydrogens is 272 g/mol. The summed E-state index contributed by atoms with van der Waals surface area (Å²) < 4.78 is 7.09. The van der Waals surface area contributed by atoms with Crippen LogP contribution in [-0.2, 0) is 9.53 Å². The molecule has 21 heavy (non-hydrogen) atoms. The van der Waals surface area contributed by atoms with Crippen molar-refractivity contribution in [1.82, 2.24) is 9.88 Å². The number of hydrogen-bond acceptors (Lipinski definition) is 3. The van der Waals surface area contributed by atoms with Crippen molar-refractivity contribution in [2.24, 2.45) is 5.41 Å². The molecule has 1 aliphatic rings. The van der Waals surface area contributed by atoms with E-state index in [1.54, 1.807) is 6.07 Å². The van der Waals surface area contributed by atoms with Crippen molar-refractivity contribution in [3.05, 3.63) is 24.0 Å². The van der Waals surface area contributed by atoms with Crippen LogP contribution in [0.5, 0.6) is 0 Å². The summed E-state index contributed by atoms with van der Waals surface area (Å²) in [7, 11) is 0. The second-order valence-corrected chi connectivity index (χ2v) is 5.77. The average Bonchev–Trinajstić information content (AvgIpc) is 2.95. The van der Waals surface area contributed by atoms with Crippen LogP contribution < -0.4 is 5.32 Å². The largest absolute Gasteiger partial charge is 0.481 e. The number of carbonyl (C=O) groups is 2. The topological polar surface area (TPSA) is 80.6 Å². The van der Waals surface area contributed by atoms with Gasteiger partial charge in [-0.1, -0.05) is 0 Å². The summed E-state index contributed by atoms with van der Waals surface area (Å²) in [5.41, 5.74) is -0.360. The van der Waals surface area contributed by atoms with Crippen molar-refractivity contribution in [2.75, 3.05) is 19.8 Å². The predicted molar refractivity (Wildman–Crippen MR) is 77.3 cm³/mol. The lowest BCUT2D eigenvalue weighted by Crippen LogP contribution is -2.46. The van der Waals surface area contributed by atoms with E-state index in [0.29, 0.717) is 31.7 Å². The highest BCUT2D eigenvalue weighted by Gasteiger charge is 2.40. The van der Waals surface area contributed by atoms with Gasteiger partial charge in [0, 0.05) is 32.0 Å². The van der Waals surface area contributed by atoms with Crippen molar-refractivity contribution in [3.63, 3.8) is 0 Å². The van der Waals surface area contributed by atoms with Gasteiger partial charge in [0.25, 0.3) is 5.91 Å². The first-order valence-electron chi connectivity index (χ1n) is 7.22. The van der Waals surface area contributed by atoms with Crippen LogP contribution in [0.4, 0.5) is 0 Å². The van der Waals surface area contributed by atoms with Gasteiger partial charge in [-0.3, -0.25) is 9.59 Å². The Labute approximate surface area is 124 Å². The number of amides is 1. The zero-order valence-electron chi connectivity index (χ0n) is 12.5. The van der Waals surface area contributed by atoms with Crippen LogP contribution in [0, 0.1) is 5.41 Å². The summed E-state index contributed by atoms with van der Waals surface area (Å²) in [5.74, 6) is -1.11. The summed E-state index contributed by atoms with van der Waals surface area (Å²) in [5, 5.41) is 12.2. The summed E-state index contributed by atoms with van der Waals surface area (Å²) in [4.78, 5) is 23.8. The van der Waals surface area contributed by atoms with Crippen molar-refractivity contribution in [1.29, 1.82) is 0 Å². The molecule has 2 rings (SSSR count). The fraction of sp³-hybridized carbons (Fsp3) is 0.600. The molecule has 1 aliphatic heterocycles. The van der Waals surface area contributed by atoms with E-state index in [0.717, 1.165) is 0 Å². The third-order valence-corrected chi connectivity index (χ3v) is 4.06. The zero-order chi connectivity index (χ0) is 15.5. The molecule has 1 aromatic rings. The highest BCUT2D eigenvalue weighted by Crippen LogP contribution is 2.30. The number of carboxylic acids is 1. The smallest absolute Gasteiger partial charge is 0.311 e. The zero-order valence-corrected chi connectivity index (χ0v) is 12.5. The number of carbonyl (C=O) groups excluding carboxylic acids is 1. The van der Waals surface area contributed by atoms with Crippen molar-refractivity contribution >= 4 is 11.9 Å². The monoisotopic (exact) mass is 294 g/mol. The van der Waals surface area contributed by atoms with Gasteiger partial charge in [-0.25, -0.2) is 0 Å². The average molecular weight is 294 g/mol. The maximum atomic E-state index is 12.3. The summed E-state index contributed by atoms with van der Waals surface area (Å²) in [6.45, 7) is 4.96. The molecule has 0 aromatic carbocycles. The number of aromatic nitrogens is 1. The molecule has 0 radical (unpaired) electrons. The number of aliphatic carboxylic acids is 1. The summed E-state index contributed by atoms with van der Waals surface area (Å²) in [6.07, 6.45) is 2.70. The molecule has 1 aromatic heterocycles. The molecule has 1 saturated heterocycles. The minimum absolute atomic E-state index is 0.133. The van der Waals surface area contributed by atoms with Gasteiger partial charge in [0.05, 0.1) is 5.41 Å². The second-order valence-electron chi connectivity index (χ2n) is 5.77. The minimum atomic E-state index is -0.914. The van der Waals surface area contributed by atoms with Crippen LogP contribution in [-0.4, -0.2) is 41.3 Å². The predicted octanol–water partition coefficient (Wildman–Crippen LogP) is 1.68. The van der Waals surface area contributed by atoms with Gasteiger partial charge in [-0.2, -0.15) is 0 Å². The molecule has 2 N–H and O–H groups in total. The Balaban J connectivity index is 2.05. The standard InChI is InChI=1S/C15H22N2O4/c1-11(2)17-7-3-4-12(17)13(18)16-10-15(14(19)20)5-8-21-9-6-15/h3-4,7,11H,5-6,8-10H2,1-2H3,(H,16,18)(H,19,20). The number of carboxylic acid groups (broad SMARTS) is 1. The van der Waals surface area contributed by atoms with Gasteiger partial charge in [0.15, 0.2) is 0 Å². The lowest BCUT2D eigenvalue weighted by molar-refractivity contribution is -0.154. The Hall–Kier alpha value is -1.82. The van der Waals surface area contributed by atoms with Crippen LogP contribution in [0.15, 0.2) is 18.3 Å². The van der Waals surface area contributed by atoms with E-state index in [-0.39, 0.29) is 18.5 Å². The molecule has 6 nitrogen and oxygen atoms in total. The van der Waals surface area contributed by atoms with Crippen LogP contribution in [0.25, 0.3) is 0 Å². The molecule has 1 amide bonds. The Bertz CT molecular complexity index is 515. The molecule has 0 unspecified atom stereocenters. The van der Waals surface area contributed by atoms with Gasteiger partial charge in [0.2, 0.25) is 0 Å². The summed E-state index contributed by atoms with van der Waals surface area (Å²) >= 11 is 0. The van der Waals surface area contributed by atoms with Gasteiger partial charge < -0.3 is 19.7 Å². The van der Waals surface area contributed by atoms with E-state index in [2.05, 4.69) is 5.32 Å². The van der Waals surface area contributed by atoms with E-state index >= 15 is 0 Å². The fourth-order valence-corrected chi connectivity index (χ4v) is 2.60. The Kier molecular flexibility index (Phi) is 4.67. The number of nitrogens with one attached hydrogen (secondary N) is 1. The van der Waals surface area contributed by atoms with Crippen molar-refractivity contribution in [3.8, 4) is 0 Å². The molecule has 0 spiro atoms. The fourth-order valence-electron chi connectivity index (χ4n) is 2.60. The highest BCUT2D eigenvalue weighted by molar-refractivity contribution is 5.93. The molecule has 1 fully saturated rings. The molecule has 0 atom stereocenters. The first-order chi connectivity index (χ1) is 9.96. The maximum absolute atomic E-state index is 12.3. The number of hydrogen-bond donors (Lipinski definition) is 2. The van der Waals surface area contributed by atoms with E-state index in [9.17, 15) is 14.7 Å². The van der Waals surface area contributed by atoms with Gasteiger partial charge in [-0.05, 0) is 38.8 Å². The normalized spacial score (nSPS) is 17.7. The minimum Gasteiger partial charge on any atom is -0.481 e. The Morgan fingerprint density at radius 1 is 1.43 bits per heavy atom. The van der Waals surface area contributed by atoms with Crippen LogP contribution in [0.3, 0.4) is 0 Å². The SMILES string of the molecule is CC(C)n1cccc1C(=O)NCC1(C(=O)O)CCOCC1. The molecule has 116 valence electrons. The lowest BCUT2D eigenvalue weighted by Gasteiger charge is -2.33. The van der Waals surface area contributed by atoms with E-state index < -0.39 is 11.4 Å². The van der Waals surface area contributed by atoms with Gasteiger partial charge in [-0.15, -0.1) is 0 Å². The second kappa shape index (κ2) is 6.30. The third-order valence-electron chi connectivity index (χ3n) is 4.06. The number of nitrogens with zero attached hydrogens (tertiary/aromatic N) is 1. The quantitative estimate of drug-likeness (QED) is 0.866. The summed E-state index contributed by atoms with van der Waals surface area (Å²) in [6, 6.07) is 3.74. The van der Waals surface area contributed by atoms with Crippen LogP contribution in [0.1, 0.15) is 43.2 Å². The number of rotatable bonds is 5. The molecule has 6 heteroatoms. The first kappa shape index (κ1) is 15.6. The number of ether oxygens (including phenoxy) is 1. The van der Waals surface area contributed by atoms with Crippen LogP contribution >= 0.6 is 0 Å². The van der Waals surface area contributed by atoms with E-state index in [1.807, 2.05) is 30.7 Å². The Morgan fingerprint density at radius 3 is 2.67 bits per heavy atom. The third kappa shape index (κ3) is 3.26. The Morgan fingerprint density at radius 2 is 2.10 bits per heavy atom. The molecule has 0 bridgehead atoms. The molecule has 0 aliphatic carbocycles. The highest BCUT2D eigenvalue weighted by atomic mass is 16.5. The molecule has 2 heterocycles. The van der Waals surface area contributed by atoms with Crippen LogP contribution in [0.2, 0.25) is 0 Å². The first-order valence-corrected chi connectivity index (χ1v) is 7.22. The van der Waals surface area contributed by atoms with Gasteiger partial charge in [0.1, 0.15) is 5.69 Å². The molecular formula is C15H22N2O4. The van der Waals surface area contributed by atoms with Gasteiger partial charge >= 0.3 is 5.97 Å². The lowest BCUT2D eigenvalue weighted by atomic mass is 9.80. The van der Waals surface area contributed by atoms with E-state index in [4.69, 9.17) is 4.74 Å². The van der Waals surface area contributed by atoms with E-state index in [1.165, 1.54) is 0 Å². The molecule has 0 saturated carbocycles. The van der Waals surface area contributed by atoms with Crippen molar-refractivity contribution < 1.29 is 19.4 Å². The van der Waals surface area contributed by atoms with Crippen molar-refractivity contribution in [2.45, 2.75) is 32.7 Å².